The van der Waals surface area contributed by atoms with Gasteiger partial charge in [-0.2, -0.15) is 0 Å². The maximum absolute atomic E-state index is 3.87. The van der Waals surface area contributed by atoms with Crippen LogP contribution >= 0.6 is 0 Å². The lowest BCUT2D eigenvalue weighted by Gasteiger charge is -2.17. The van der Waals surface area contributed by atoms with E-state index in [1.807, 2.05) is 12.2 Å². The van der Waals surface area contributed by atoms with Crippen molar-refractivity contribution < 1.29 is 0 Å². The Labute approximate surface area is 104 Å². The Bertz CT molecular complexity index is 457. The van der Waals surface area contributed by atoms with Gasteiger partial charge in [0.25, 0.3) is 0 Å². The number of hydrogen-bond donors (Lipinski definition) is 0. The summed E-state index contributed by atoms with van der Waals surface area (Å²) in [6.45, 7) is 7.65. The molecule has 0 N–H and O–H groups in total. The van der Waals surface area contributed by atoms with Crippen LogP contribution in [0.25, 0.3) is 6.08 Å². The lowest BCUT2D eigenvalue weighted by molar-refractivity contribution is 0.793. The van der Waals surface area contributed by atoms with E-state index in [-0.39, 0.29) is 0 Å². The first-order valence-electron chi connectivity index (χ1n) is 6.04. The molecule has 1 unspecified atom stereocenters. The first-order chi connectivity index (χ1) is 8.35. The van der Waals surface area contributed by atoms with E-state index in [1.165, 1.54) is 16.7 Å². The fraction of sp³-hybridized carbons (Fsp3) is 0.176. The van der Waals surface area contributed by atoms with Gasteiger partial charge in [0.05, 0.1) is 0 Å². The summed E-state index contributed by atoms with van der Waals surface area (Å²) in [6, 6.07) is 8.65. The van der Waals surface area contributed by atoms with Crippen molar-refractivity contribution in [3.63, 3.8) is 0 Å². The molecule has 1 atom stereocenters. The van der Waals surface area contributed by atoms with Gasteiger partial charge in [-0.3, -0.25) is 0 Å². The van der Waals surface area contributed by atoms with Gasteiger partial charge in [0.15, 0.2) is 0 Å². The van der Waals surface area contributed by atoms with Crippen molar-refractivity contribution in [3.8, 4) is 0 Å². The van der Waals surface area contributed by atoms with Crippen molar-refractivity contribution in [2.45, 2.75) is 18.8 Å². The molecule has 0 bridgehead atoms. The highest BCUT2D eigenvalue weighted by Gasteiger charge is 2.15. The highest BCUT2D eigenvalue weighted by molar-refractivity contribution is 5.48. The second kappa shape index (κ2) is 5.49. The molecule has 2 rings (SSSR count). The first-order valence-corrected chi connectivity index (χ1v) is 6.04. The number of allylic oxidation sites excluding steroid dienone is 5. The molecule has 0 spiro atoms. The lowest BCUT2D eigenvalue weighted by atomic mass is 9.87. The SMILES string of the molecule is C=CCC(C1=CC=CC1)c1ccc(C=C)cc1. The molecule has 0 nitrogen and oxygen atoms in total. The van der Waals surface area contributed by atoms with Gasteiger partial charge < -0.3 is 0 Å². The van der Waals surface area contributed by atoms with Crippen LogP contribution in [0.4, 0.5) is 0 Å². The Hall–Kier alpha value is -1.82. The van der Waals surface area contributed by atoms with Crippen LogP contribution in [0.1, 0.15) is 29.9 Å². The lowest BCUT2D eigenvalue weighted by Crippen LogP contribution is -2.00. The van der Waals surface area contributed by atoms with E-state index < -0.39 is 0 Å². The fourth-order valence-corrected chi connectivity index (χ4v) is 2.25. The summed E-state index contributed by atoms with van der Waals surface area (Å²) in [5.74, 6) is 0.473. The summed E-state index contributed by atoms with van der Waals surface area (Å²) in [5.41, 5.74) is 4.02. The fourth-order valence-electron chi connectivity index (χ4n) is 2.25. The highest BCUT2D eigenvalue weighted by Crippen LogP contribution is 2.33. The minimum atomic E-state index is 0.473. The highest BCUT2D eigenvalue weighted by atomic mass is 14.2. The summed E-state index contributed by atoms with van der Waals surface area (Å²) >= 11 is 0. The molecular weight excluding hydrogens is 204 g/mol. The standard InChI is InChI=1S/C17H18/c1-3-7-17(15-8-5-6-9-15)16-12-10-14(4-2)11-13-16/h3-6,8,10-13,17H,1-2,7,9H2. The first kappa shape index (κ1) is 11.7. The number of rotatable bonds is 5. The molecule has 0 radical (unpaired) electrons. The minimum absolute atomic E-state index is 0.473. The largest absolute Gasteiger partial charge is 0.103 e. The summed E-state index contributed by atoms with van der Waals surface area (Å²) in [6.07, 6.45) is 12.5. The predicted molar refractivity (Wildman–Crippen MR) is 75.9 cm³/mol. The van der Waals surface area contributed by atoms with Crippen molar-refractivity contribution >= 4 is 6.08 Å². The zero-order chi connectivity index (χ0) is 12.1. The van der Waals surface area contributed by atoms with E-state index in [0.29, 0.717) is 5.92 Å². The molecule has 86 valence electrons. The molecule has 0 saturated carbocycles. The van der Waals surface area contributed by atoms with Crippen LogP contribution < -0.4 is 0 Å². The molecule has 0 heteroatoms. The van der Waals surface area contributed by atoms with Gasteiger partial charge in [-0.15, -0.1) is 6.58 Å². The molecule has 0 saturated heterocycles. The molecular formula is C17H18. The van der Waals surface area contributed by atoms with Gasteiger partial charge in [0.2, 0.25) is 0 Å². The van der Waals surface area contributed by atoms with Crippen LogP contribution in [0.15, 0.2) is 67.3 Å². The molecule has 1 aromatic rings. The predicted octanol–water partition coefficient (Wildman–Crippen LogP) is 4.88. The van der Waals surface area contributed by atoms with Gasteiger partial charge in [-0.1, -0.05) is 66.8 Å². The Morgan fingerprint density at radius 2 is 1.94 bits per heavy atom. The van der Waals surface area contributed by atoms with E-state index >= 15 is 0 Å². The molecule has 1 aliphatic rings. The molecule has 0 heterocycles. The molecule has 0 aliphatic heterocycles. The summed E-state index contributed by atoms with van der Waals surface area (Å²) in [4.78, 5) is 0. The smallest absolute Gasteiger partial charge is 0.00887 e. The van der Waals surface area contributed by atoms with E-state index in [2.05, 4.69) is 55.7 Å². The van der Waals surface area contributed by atoms with Crippen LogP contribution in [-0.2, 0) is 0 Å². The second-order valence-electron chi connectivity index (χ2n) is 4.32. The van der Waals surface area contributed by atoms with Crippen LogP contribution in [0.3, 0.4) is 0 Å². The zero-order valence-electron chi connectivity index (χ0n) is 10.1. The van der Waals surface area contributed by atoms with Crippen molar-refractivity contribution in [2.24, 2.45) is 0 Å². The maximum Gasteiger partial charge on any atom is 0.00887 e. The average molecular weight is 222 g/mol. The number of benzene rings is 1. The number of hydrogen-bond acceptors (Lipinski definition) is 0. The third-order valence-electron chi connectivity index (χ3n) is 3.22. The van der Waals surface area contributed by atoms with Crippen molar-refractivity contribution in [2.75, 3.05) is 0 Å². The van der Waals surface area contributed by atoms with Gasteiger partial charge in [-0.25, -0.2) is 0 Å². The van der Waals surface area contributed by atoms with Gasteiger partial charge in [0, 0.05) is 5.92 Å². The van der Waals surface area contributed by atoms with E-state index in [9.17, 15) is 0 Å². The van der Waals surface area contributed by atoms with E-state index in [0.717, 1.165) is 12.8 Å². The monoisotopic (exact) mass is 222 g/mol. The molecule has 1 aliphatic carbocycles. The molecule has 1 aromatic carbocycles. The normalized spacial score (nSPS) is 15.4. The summed E-state index contributed by atoms with van der Waals surface area (Å²) < 4.78 is 0. The molecule has 0 fully saturated rings. The topological polar surface area (TPSA) is 0 Å². The van der Waals surface area contributed by atoms with Gasteiger partial charge >= 0.3 is 0 Å². The van der Waals surface area contributed by atoms with E-state index in [1.54, 1.807) is 0 Å². The van der Waals surface area contributed by atoms with E-state index in [4.69, 9.17) is 0 Å². The summed E-state index contributed by atoms with van der Waals surface area (Å²) in [5, 5.41) is 0. The Kier molecular flexibility index (Phi) is 3.77. The Morgan fingerprint density at radius 1 is 1.18 bits per heavy atom. The van der Waals surface area contributed by atoms with Crippen LogP contribution in [-0.4, -0.2) is 0 Å². The second-order valence-corrected chi connectivity index (χ2v) is 4.32. The quantitative estimate of drug-likeness (QED) is 0.623. The van der Waals surface area contributed by atoms with Gasteiger partial charge in [-0.05, 0) is 24.0 Å². The third kappa shape index (κ3) is 2.65. The van der Waals surface area contributed by atoms with Crippen molar-refractivity contribution in [3.05, 3.63) is 78.4 Å². The van der Waals surface area contributed by atoms with Crippen molar-refractivity contribution in [1.29, 1.82) is 0 Å². The zero-order valence-corrected chi connectivity index (χ0v) is 10.1. The third-order valence-corrected chi connectivity index (χ3v) is 3.22. The maximum atomic E-state index is 3.87. The minimum Gasteiger partial charge on any atom is -0.103 e. The van der Waals surface area contributed by atoms with Crippen LogP contribution in [0, 0.1) is 0 Å². The van der Waals surface area contributed by atoms with Gasteiger partial charge in [0.1, 0.15) is 0 Å². The molecule has 0 amide bonds. The molecule has 17 heavy (non-hydrogen) atoms. The Balaban J connectivity index is 2.25. The molecule has 0 aromatic heterocycles. The Morgan fingerprint density at radius 3 is 2.47 bits per heavy atom. The van der Waals surface area contributed by atoms with Crippen molar-refractivity contribution in [1.82, 2.24) is 0 Å². The van der Waals surface area contributed by atoms with Crippen LogP contribution in [0.2, 0.25) is 0 Å². The average Bonchev–Trinajstić information content (AvgIpc) is 2.90. The van der Waals surface area contributed by atoms with Crippen LogP contribution in [0.5, 0.6) is 0 Å². The summed E-state index contributed by atoms with van der Waals surface area (Å²) in [7, 11) is 0.